The first-order valence-corrected chi connectivity index (χ1v) is 16.1. The van der Waals surface area contributed by atoms with Gasteiger partial charge in [-0.1, -0.05) is 24.1 Å². The zero-order valence-electron chi connectivity index (χ0n) is 22.8. The smallest absolute Gasteiger partial charge is 0.261 e. The highest BCUT2D eigenvalue weighted by Crippen LogP contribution is 2.49. The Labute approximate surface area is 241 Å². The highest BCUT2D eigenvalue weighted by molar-refractivity contribution is 7.98. The van der Waals surface area contributed by atoms with E-state index in [0.29, 0.717) is 41.3 Å². The van der Waals surface area contributed by atoms with E-state index in [9.17, 15) is 4.79 Å². The lowest BCUT2D eigenvalue weighted by Gasteiger charge is -2.48. The lowest BCUT2D eigenvalue weighted by atomic mass is 9.65. The predicted molar refractivity (Wildman–Crippen MR) is 158 cm³/mol. The fourth-order valence-corrected chi connectivity index (χ4v) is 9.51. The number of nitrogens with zero attached hydrogens (tertiary/aromatic N) is 1. The Morgan fingerprint density at radius 1 is 1.10 bits per heavy atom. The SMILES string of the molecule is CO[C@@H]1[C@H]2CCC[C@H](C2)SNC(=O)c2ccc3c(c2)N(C[C@@H]2CC[C@H]21)C[C@@]1(CCCc2cc(Cl)ccc21)CO3. The van der Waals surface area contributed by atoms with E-state index in [-0.39, 0.29) is 11.3 Å². The third-order valence-corrected chi connectivity index (χ3v) is 11.7. The molecule has 2 heterocycles. The Bertz CT molecular complexity index is 1260. The molecule has 7 rings (SSSR count). The molecule has 1 N–H and O–H groups in total. The quantitative estimate of drug-likeness (QED) is 0.384. The summed E-state index contributed by atoms with van der Waals surface area (Å²) >= 11 is 8.05. The van der Waals surface area contributed by atoms with Gasteiger partial charge in [0.1, 0.15) is 5.75 Å². The third kappa shape index (κ3) is 4.74. The van der Waals surface area contributed by atoms with Gasteiger partial charge in [0.05, 0.1) is 18.4 Å². The average Bonchev–Trinajstić information content (AvgIpc) is 3.09. The summed E-state index contributed by atoms with van der Waals surface area (Å²) in [5, 5.41) is 1.26. The molecule has 5 nitrogen and oxygen atoms in total. The zero-order valence-corrected chi connectivity index (χ0v) is 24.4. The standard InChI is InChI=1S/C32H39ClN2O3S/c1-37-30-21-4-2-6-25(15-21)39-34-31(36)22-8-12-29-28(16-22)35(17-23-7-10-26(23)30)18-32(19-38-29)13-3-5-20-14-24(33)9-11-27(20)32/h8-9,11-12,14,16,21,23,25-26,30H,2-7,10,13,15,17-19H2,1H3,(H,34,36)/t21-,23-,25+,26+,30+,32-/m0/s1. The number of anilines is 1. The van der Waals surface area contributed by atoms with E-state index in [4.69, 9.17) is 21.1 Å². The molecule has 0 saturated heterocycles. The van der Waals surface area contributed by atoms with Crippen molar-refractivity contribution in [2.45, 2.75) is 74.6 Å². The second kappa shape index (κ2) is 10.5. The molecule has 7 heteroatoms. The number of hydrogen-bond acceptors (Lipinski definition) is 5. The molecule has 208 valence electrons. The maximum atomic E-state index is 13.3. The van der Waals surface area contributed by atoms with Gasteiger partial charge in [-0.3, -0.25) is 9.52 Å². The van der Waals surface area contributed by atoms with Crippen LogP contribution in [0.15, 0.2) is 36.4 Å². The molecule has 1 spiro atoms. The topological polar surface area (TPSA) is 50.8 Å². The second-order valence-corrected chi connectivity index (χ2v) is 14.1. The van der Waals surface area contributed by atoms with Crippen molar-refractivity contribution in [1.82, 2.24) is 4.72 Å². The molecule has 4 bridgehead atoms. The van der Waals surface area contributed by atoms with Crippen molar-refractivity contribution in [3.8, 4) is 5.75 Å². The maximum absolute atomic E-state index is 13.3. The summed E-state index contributed by atoms with van der Waals surface area (Å²) in [4.78, 5) is 15.9. The number of fused-ring (bicyclic) bond motifs is 6. The van der Waals surface area contributed by atoms with Crippen LogP contribution in [0.3, 0.4) is 0 Å². The molecule has 39 heavy (non-hydrogen) atoms. The van der Waals surface area contributed by atoms with Crippen molar-refractivity contribution in [3.63, 3.8) is 0 Å². The van der Waals surface area contributed by atoms with Gasteiger partial charge >= 0.3 is 0 Å². The molecule has 3 aliphatic carbocycles. The van der Waals surface area contributed by atoms with Crippen LogP contribution in [0.5, 0.6) is 5.75 Å². The summed E-state index contributed by atoms with van der Waals surface area (Å²) in [6, 6.07) is 12.5. The minimum Gasteiger partial charge on any atom is -0.490 e. The molecule has 1 amide bonds. The van der Waals surface area contributed by atoms with Crippen molar-refractivity contribution >= 4 is 35.1 Å². The van der Waals surface area contributed by atoms with Crippen LogP contribution >= 0.6 is 23.5 Å². The zero-order chi connectivity index (χ0) is 26.6. The van der Waals surface area contributed by atoms with Crippen molar-refractivity contribution < 1.29 is 14.3 Å². The number of halogens is 1. The number of ether oxygens (including phenoxy) is 2. The minimum absolute atomic E-state index is 0.0108. The number of methoxy groups -OCH3 is 1. The maximum Gasteiger partial charge on any atom is 0.261 e. The normalized spacial score (nSPS) is 33.9. The molecule has 2 saturated carbocycles. The van der Waals surface area contributed by atoms with Crippen LogP contribution in [-0.2, 0) is 16.6 Å². The number of rotatable bonds is 1. The van der Waals surface area contributed by atoms with Crippen LogP contribution < -0.4 is 14.4 Å². The van der Waals surface area contributed by atoms with Gasteiger partial charge in [-0.2, -0.15) is 0 Å². The van der Waals surface area contributed by atoms with Crippen LogP contribution in [0.1, 0.15) is 72.9 Å². The summed E-state index contributed by atoms with van der Waals surface area (Å²) in [5.74, 6) is 2.62. The largest absolute Gasteiger partial charge is 0.490 e. The van der Waals surface area contributed by atoms with Crippen molar-refractivity contribution in [2.75, 3.05) is 31.7 Å². The number of aryl methyl sites for hydroxylation is 1. The average molecular weight is 567 g/mol. The molecular weight excluding hydrogens is 528 g/mol. The summed E-state index contributed by atoms with van der Waals surface area (Å²) in [5.41, 5.74) is 4.41. The highest BCUT2D eigenvalue weighted by Gasteiger charge is 2.46. The molecule has 5 aliphatic rings. The lowest BCUT2D eigenvalue weighted by Crippen LogP contribution is -2.51. The van der Waals surface area contributed by atoms with E-state index < -0.39 is 0 Å². The Hall–Kier alpha value is -1.89. The Kier molecular flexibility index (Phi) is 7.01. The molecular formula is C32H39ClN2O3S. The van der Waals surface area contributed by atoms with Gasteiger partial charge in [0.2, 0.25) is 0 Å². The van der Waals surface area contributed by atoms with Crippen LogP contribution in [0.4, 0.5) is 5.69 Å². The van der Waals surface area contributed by atoms with E-state index in [1.807, 2.05) is 25.3 Å². The van der Waals surface area contributed by atoms with Gasteiger partial charge < -0.3 is 14.4 Å². The molecule has 6 atom stereocenters. The van der Waals surface area contributed by atoms with Crippen LogP contribution in [0, 0.1) is 17.8 Å². The van der Waals surface area contributed by atoms with Crippen LogP contribution in [-0.4, -0.2) is 44.1 Å². The van der Waals surface area contributed by atoms with Crippen molar-refractivity contribution in [1.29, 1.82) is 0 Å². The summed E-state index contributed by atoms with van der Waals surface area (Å²) in [6.45, 7) is 2.51. The summed E-state index contributed by atoms with van der Waals surface area (Å²) in [7, 11) is 1.92. The van der Waals surface area contributed by atoms with Crippen molar-refractivity contribution in [2.24, 2.45) is 17.8 Å². The second-order valence-electron chi connectivity index (χ2n) is 12.6. The van der Waals surface area contributed by atoms with E-state index in [1.165, 1.54) is 36.8 Å². The Morgan fingerprint density at radius 2 is 2.03 bits per heavy atom. The lowest BCUT2D eigenvalue weighted by molar-refractivity contribution is -0.0587. The molecule has 2 aliphatic heterocycles. The first-order valence-electron chi connectivity index (χ1n) is 14.8. The first-order chi connectivity index (χ1) is 19.0. The molecule has 2 aromatic rings. The fraction of sp³-hybridized carbons (Fsp3) is 0.594. The van der Waals surface area contributed by atoms with Gasteiger partial charge in [0.25, 0.3) is 5.91 Å². The van der Waals surface area contributed by atoms with Gasteiger partial charge in [-0.05, 0) is 123 Å². The van der Waals surface area contributed by atoms with E-state index in [2.05, 4.69) is 27.8 Å². The van der Waals surface area contributed by atoms with Gasteiger partial charge in [-0.25, -0.2) is 0 Å². The number of amides is 1. The van der Waals surface area contributed by atoms with E-state index >= 15 is 0 Å². The van der Waals surface area contributed by atoms with E-state index in [0.717, 1.165) is 61.7 Å². The van der Waals surface area contributed by atoms with Gasteiger partial charge in [0, 0.05) is 41.5 Å². The summed E-state index contributed by atoms with van der Waals surface area (Å²) < 4.78 is 16.1. The first kappa shape index (κ1) is 26.0. The van der Waals surface area contributed by atoms with Crippen LogP contribution in [0.2, 0.25) is 5.02 Å². The monoisotopic (exact) mass is 566 g/mol. The predicted octanol–water partition coefficient (Wildman–Crippen LogP) is 6.80. The number of carbonyl (C=O) groups excluding carboxylic acids is 1. The highest BCUT2D eigenvalue weighted by atomic mass is 35.5. The number of benzene rings is 2. The number of hydrogen-bond donors (Lipinski definition) is 1. The van der Waals surface area contributed by atoms with Gasteiger partial charge in [0.15, 0.2) is 0 Å². The molecule has 2 fully saturated rings. The molecule has 0 unspecified atom stereocenters. The van der Waals surface area contributed by atoms with E-state index in [1.54, 1.807) is 11.9 Å². The fourth-order valence-electron chi connectivity index (χ4n) is 8.29. The Morgan fingerprint density at radius 3 is 2.87 bits per heavy atom. The minimum atomic E-state index is -0.0998. The van der Waals surface area contributed by atoms with Crippen molar-refractivity contribution in [3.05, 3.63) is 58.1 Å². The van der Waals surface area contributed by atoms with Gasteiger partial charge in [-0.15, -0.1) is 0 Å². The summed E-state index contributed by atoms with van der Waals surface area (Å²) in [6.07, 6.45) is 10.8. The number of nitrogens with one attached hydrogen (secondary N) is 1. The molecule has 2 aromatic carbocycles. The number of carbonyl (C=O) groups is 1. The molecule has 0 aromatic heterocycles. The van der Waals surface area contributed by atoms with Crippen LogP contribution in [0.25, 0.3) is 0 Å². The third-order valence-electron chi connectivity index (χ3n) is 10.4. The molecule has 0 radical (unpaired) electrons. The Balaban J connectivity index is 1.29.